The Morgan fingerprint density at radius 3 is 2.71 bits per heavy atom. The molecule has 1 aromatic heterocycles. The van der Waals surface area contributed by atoms with E-state index < -0.39 is 6.10 Å². The largest absolute Gasteiger partial charge is 0.389 e. The molecule has 0 fully saturated rings. The normalized spacial score (nSPS) is 13.4. The van der Waals surface area contributed by atoms with Gasteiger partial charge in [-0.15, -0.1) is 0 Å². The van der Waals surface area contributed by atoms with Gasteiger partial charge < -0.3 is 10.1 Å². The molecular formula is C10H9Cl2NO. The molecule has 0 bridgehead atoms. The van der Waals surface area contributed by atoms with E-state index in [2.05, 4.69) is 4.98 Å². The van der Waals surface area contributed by atoms with Crippen LogP contribution in [-0.2, 0) is 0 Å². The lowest BCUT2D eigenvalue weighted by Gasteiger charge is -2.02. The molecule has 0 saturated heterocycles. The Labute approximate surface area is 91.5 Å². The second kappa shape index (κ2) is 3.46. The van der Waals surface area contributed by atoms with Crippen LogP contribution >= 0.6 is 23.2 Å². The van der Waals surface area contributed by atoms with Gasteiger partial charge in [0.25, 0.3) is 0 Å². The maximum Gasteiger partial charge on any atom is 0.113 e. The maximum atomic E-state index is 9.53. The molecule has 0 aliphatic carbocycles. The van der Waals surface area contributed by atoms with Gasteiger partial charge in [0.2, 0.25) is 0 Å². The third-order valence-electron chi connectivity index (χ3n) is 2.17. The fourth-order valence-electron chi connectivity index (χ4n) is 1.56. The molecule has 0 spiro atoms. The minimum atomic E-state index is -0.602. The molecule has 74 valence electrons. The molecule has 0 amide bonds. The highest BCUT2D eigenvalue weighted by Gasteiger charge is 2.14. The smallest absolute Gasteiger partial charge is 0.113 e. The van der Waals surface area contributed by atoms with Crippen molar-refractivity contribution in [3.63, 3.8) is 0 Å². The summed E-state index contributed by atoms with van der Waals surface area (Å²) in [7, 11) is 0. The van der Waals surface area contributed by atoms with Crippen molar-refractivity contribution in [1.29, 1.82) is 0 Å². The van der Waals surface area contributed by atoms with Crippen molar-refractivity contribution in [3.8, 4) is 0 Å². The fourth-order valence-corrected chi connectivity index (χ4v) is 2.09. The van der Waals surface area contributed by atoms with E-state index in [0.29, 0.717) is 15.7 Å². The Morgan fingerprint density at radius 1 is 1.36 bits per heavy atom. The highest BCUT2D eigenvalue weighted by molar-refractivity contribution is 6.33. The number of fused-ring (bicyclic) bond motifs is 1. The molecule has 1 atom stereocenters. The molecule has 0 radical (unpaired) electrons. The van der Waals surface area contributed by atoms with Crippen LogP contribution in [0.4, 0.5) is 0 Å². The van der Waals surface area contributed by atoms with Crippen LogP contribution in [0.15, 0.2) is 18.2 Å². The number of aromatic amines is 1. The summed E-state index contributed by atoms with van der Waals surface area (Å²) in [5.74, 6) is 0. The predicted octanol–water partition coefficient (Wildman–Crippen LogP) is 3.53. The van der Waals surface area contributed by atoms with Gasteiger partial charge in [0.15, 0.2) is 0 Å². The zero-order chi connectivity index (χ0) is 10.3. The Hall–Kier alpha value is -0.700. The van der Waals surface area contributed by atoms with Crippen molar-refractivity contribution in [1.82, 2.24) is 4.98 Å². The SMILES string of the molecule is CC(O)c1c(Cl)[nH]c2ccc(Cl)cc12. The Morgan fingerprint density at radius 2 is 2.07 bits per heavy atom. The van der Waals surface area contributed by atoms with Crippen LogP contribution < -0.4 is 0 Å². The van der Waals surface area contributed by atoms with Gasteiger partial charge in [0, 0.05) is 21.5 Å². The Kier molecular flexibility index (Phi) is 2.43. The van der Waals surface area contributed by atoms with E-state index in [1.165, 1.54) is 0 Å². The summed E-state index contributed by atoms with van der Waals surface area (Å²) in [6.07, 6.45) is -0.602. The lowest BCUT2D eigenvalue weighted by atomic mass is 10.1. The fraction of sp³-hybridized carbons (Fsp3) is 0.200. The lowest BCUT2D eigenvalue weighted by molar-refractivity contribution is 0.201. The van der Waals surface area contributed by atoms with Crippen LogP contribution in [0.1, 0.15) is 18.6 Å². The number of rotatable bonds is 1. The van der Waals surface area contributed by atoms with Crippen LogP contribution in [0, 0.1) is 0 Å². The van der Waals surface area contributed by atoms with Gasteiger partial charge in [0.1, 0.15) is 5.15 Å². The van der Waals surface area contributed by atoms with Gasteiger partial charge >= 0.3 is 0 Å². The van der Waals surface area contributed by atoms with E-state index in [1.54, 1.807) is 19.1 Å². The van der Waals surface area contributed by atoms with Gasteiger partial charge in [0.05, 0.1) is 6.10 Å². The molecule has 14 heavy (non-hydrogen) atoms. The number of hydrogen-bond donors (Lipinski definition) is 2. The first-order valence-electron chi connectivity index (χ1n) is 4.24. The highest BCUT2D eigenvalue weighted by Crippen LogP contribution is 2.32. The molecule has 2 aromatic rings. The number of nitrogens with one attached hydrogen (secondary N) is 1. The topological polar surface area (TPSA) is 36.0 Å². The molecule has 2 nitrogen and oxygen atoms in total. The van der Waals surface area contributed by atoms with Gasteiger partial charge in [-0.2, -0.15) is 0 Å². The summed E-state index contributed by atoms with van der Waals surface area (Å²) in [6, 6.07) is 5.42. The van der Waals surface area contributed by atoms with Crippen molar-refractivity contribution in [2.24, 2.45) is 0 Å². The molecule has 0 aliphatic rings. The average molecular weight is 230 g/mol. The minimum absolute atomic E-state index is 0.470. The third-order valence-corrected chi connectivity index (χ3v) is 2.70. The highest BCUT2D eigenvalue weighted by atomic mass is 35.5. The van der Waals surface area contributed by atoms with Gasteiger partial charge in [-0.3, -0.25) is 0 Å². The van der Waals surface area contributed by atoms with Gasteiger partial charge in [-0.25, -0.2) is 0 Å². The van der Waals surface area contributed by atoms with Crippen molar-refractivity contribution >= 4 is 34.1 Å². The quantitative estimate of drug-likeness (QED) is 0.772. The van der Waals surface area contributed by atoms with Crippen LogP contribution in [-0.4, -0.2) is 10.1 Å². The first kappa shape index (κ1) is 9.84. The lowest BCUT2D eigenvalue weighted by Crippen LogP contribution is -1.89. The van der Waals surface area contributed by atoms with E-state index in [1.807, 2.05) is 6.07 Å². The summed E-state index contributed by atoms with van der Waals surface area (Å²) >= 11 is 11.8. The van der Waals surface area contributed by atoms with E-state index in [9.17, 15) is 5.11 Å². The van der Waals surface area contributed by atoms with E-state index in [-0.39, 0.29) is 0 Å². The standard InChI is InChI=1S/C10H9Cl2NO/c1-5(14)9-7-4-6(11)2-3-8(7)13-10(9)12/h2-5,13-14H,1H3. The molecule has 2 rings (SSSR count). The number of aromatic nitrogens is 1. The summed E-state index contributed by atoms with van der Waals surface area (Å²) in [6.45, 7) is 1.68. The number of aliphatic hydroxyl groups excluding tert-OH is 1. The van der Waals surface area contributed by atoms with E-state index in [4.69, 9.17) is 23.2 Å². The molecule has 2 N–H and O–H groups in total. The Balaban J connectivity index is 2.79. The molecule has 1 unspecified atom stereocenters. The molecule has 0 saturated carbocycles. The summed E-state index contributed by atoms with van der Waals surface area (Å²) in [4.78, 5) is 2.98. The monoisotopic (exact) mass is 229 g/mol. The minimum Gasteiger partial charge on any atom is -0.389 e. The zero-order valence-corrected chi connectivity index (χ0v) is 9.02. The third kappa shape index (κ3) is 1.50. The second-order valence-corrected chi connectivity index (χ2v) is 4.03. The first-order valence-corrected chi connectivity index (χ1v) is 5.00. The average Bonchev–Trinajstić information content (AvgIpc) is 2.40. The van der Waals surface area contributed by atoms with E-state index >= 15 is 0 Å². The molecule has 1 heterocycles. The van der Waals surface area contributed by atoms with Crippen LogP contribution in [0.2, 0.25) is 10.2 Å². The van der Waals surface area contributed by atoms with E-state index in [0.717, 1.165) is 10.9 Å². The van der Waals surface area contributed by atoms with Gasteiger partial charge in [-0.05, 0) is 25.1 Å². The number of aliphatic hydroxyl groups is 1. The molecule has 4 heteroatoms. The van der Waals surface area contributed by atoms with Gasteiger partial charge in [-0.1, -0.05) is 23.2 Å². The maximum absolute atomic E-state index is 9.53. The van der Waals surface area contributed by atoms with Crippen LogP contribution in [0.25, 0.3) is 10.9 Å². The number of hydrogen-bond acceptors (Lipinski definition) is 1. The summed E-state index contributed by atoms with van der Waals surface area (Å²) < 4.78 is 0. The zero-order valence-electron chi connectivity index (χ0n) is 7.51. The van der Waals surface area contributed by atoms with Crippen molar-refractivity contribution in [2.45, 2.75) is 13.0 Å². The number of benzene rings is 1. The first-order chi connectivity index (χ1) is 6.59. The predicted molar refractivity (Wildman–Crippen MR) is 59.0 cm³/mol. The van der Waals surface area contributed by atoms with Crippen molar-refractivity contribution in [2.75, 3.05) is 0 Å². The number of H-pyrrole nitrogens is 1. The summed E-state index contributed by atoms with van der Waals surface area (Å²) in [5.41, 5.74) is 1.58. The van der Waals surface area contributed by atoms with Crippen molar-refractivity contribution < 1.29 is 5.11 Å². The summed E-state index contributed by atoms with van der Waals surface area (Å²) in [5, 5.41) is 11.5. The number of halogens is 2. The molecule has 1 aromatic carbocycles. The van der Waals surface area contributed by atoms with Crippen LogP contribution in [0.3, 0.4) is 0 Å². The second-order valence-electron chi connectivity index (χ2n) is 3.22. The molecule has 0 aliphatic heterocycles. The molecular weight excluding hydrogens is 221 g/mol. The van der Waals surface area contributed by atoms with Crippen LogP contribution in [0.5, 0.6) is 0 Å². The van der Waals surface area contributed by atoms with Crippen molar-refractivity contribution in [3.05, 3.63) is 33.9 Å². The Bertz CT molecular complexity index is 476.